The lowest BCUT2D eigenvalue weighted by Gasteiger charge is -2.26. The van der Waals surface area contributed by atoms with Gasteiger partial charge in [-0.25, -0.2) is 0 Å². The van der Waals surface area contributed by atoms with Gasteiger partial charge in [0.05, 0.1) is 6.42 Å². The monoisotopic (exact) mass is 237 g/mol. The first-order chi connectivity index (χ1) is 7.37. The van der Waals surface area contributed by atoms with Crippen molar-refractivity contribution in [2.24, 2.45) is 5.92 Å². The van der Waals surface area contributed by atoms with Crippen molar-refractivity contribution in [1.82, 2.24) is 5.32 Å². The molecule has 0 heterocycles. The summed E-state index contributed by atoms with van der Waals surface area (Å²) in [6, 6.07) is 0.0805. The lowest BCUT2D eigenvalue weighted by Crippen LogP contribution is -2.37. The van der Waals surface area contributed by atoms with Crippen molar-refractivity contribution in [3.63, 3.8) is 0 Å². The molecule has 0 unspecified atom stereocenters. The summed E-state index contributed by atoms with van der Waals surface area (Å²) in [4.78, 5) is 11.2. The molecule has 0 aromatic rings. The molecule has 1 aliphatic carbocycles. The van der Waals surface area contributed by atoms with E-state index in [-0.39, 0.29) is 6.04 Å². The van der Waals surface area contributed by atoms with Gasteiger partial charge in [0.15, 0.2) is 0 Å². The smallest absolute Gasteiger partial charge is 0.353 e. The van der Waals surface area contributed by atoms with E-state index in [4.69, 9.17) is 0 Å². The van der Waals surface area contributed by atoms with Gasteiger partial charge in [-0.15, -0.1) is 0 Å². The molecule has 1 amide bonds. The molecule has 1 saturated carbocycles. The quantitative estimate of drug-likeness (QED) is 0.803. The largest absolute Gasteiger partial charge is 0.389 e. The fourth-order valence-electron chi connectivity index (χ4n) is 1.96. The zero-order valence-corrected chi connectivity index (χ0v) is 9.44. The van der Waals surface area contributed by atoms with Crippen molar-refractivity contribution in [1.29, 1.82) is 0 Å². The summed E-state index contributed by atoms with van der Waals surface area (Å²) in [7, 11) is 0. The van der Waals surface area contributed by atoms with Crippen molar-refractivity contribution >= 4 is 5.91 Å². The van der Waals surface area contributed by atoms with E-state index in [0.29, 0.717) is 5.92 Å². The molecule has 94 valence electrons. The maximum Gasteiger partial charge on any atom is 0.389 e. The zero-order chi connectivity index (χ0) is 12.2. The predicted octanol–water partition coefficient (Wildman–Crippen LogP) is 3.02. The molecule has 1 N–H and O–H groups in total. The van der Waals surface area contributed by atoms with Crippen LogP contribution in [-0.2, 0) is 4.79 Å². The van der Waals surface area contributed by atoms with Crippen LogP contribution < -0.4 is 5.32 Å². The first kappa shape index (κ1) is 13.3. The van der Waals surface area contributed by atoms with E-state index >= 15 is 0 Å². The van der Waals surface area contributed by atoms with Gasteiger partial charge < -0.3 is 5.32 Å². The van der Waals surface area contributed by atoms with Crippen molar-refractivity contribution in [3.05, 3.63) is 0 Å². The van der Waals surface area contributed by atoms with Crippen LogP contribution in [0.4, 0.5) is 13.2 Å². The highest BCUT2D eigenvalue weighted by molar-refractivity contribution is 5.76. The Morgan fingerprint density at radius 1 is 1.25 bits per heavy atom. The maximum absolute atomic E-state index is 11.9. The van der Waals surface area contributed by atoms with Gasteiger partial charge in [-0.1, -0.05) is 6.92 Å². The molecule has 1 rings (SSSR count). The van der Waals surface area contributed by atoms with Crippen LogP contribution in [0, 0.1) is 5.92 Å². The fourth-order valence-corrected chi connectivity index (χ4v) is 1.96. The van der Waals surface area contributed by atoms with Crippen molar-refractivity contribution in [2.45, 2.75) is 57.7 Å². The molecular weight excluding hydrogens is 219 g/mol. The molecule has 0 atom stereocenters. The Bertz CT molecular complexity index is 232. The molecule has 0 spiro atoms. The molecule has 5 heteroatoms. The van der Waals surface area contributed by atoms with Crippen LogP contribution in [0.2, 0.25) is 0 Å². The second-order valence-corrected chi connectivity index (χ2v) is 4.64. The van der Waals surface area contributed by atoms with E-state index in [2.05, 4.69) is 12.2 Å². The van der Waals surface area contributed by atoms with E-state index < -0.39 is 24.9 Å². The van der Waals surface area contributed by atoms with Gasteiger partial charge in [0.25, 0.3) is 0 Å². The lowest BCUT2D eigenvalue weighted by molar-refractivity contribution is -0.144. The van der Waals surface area contributed by atoms with E-state index in [0.717, 1.165) is 25.7 Å². The maximum atomic E-state index is 11.9. The summed E-state index contributed by atoms with van der Waals surface area (Å²) < 4.78 is 35.6. The molecule has 1 aliphatic rings. The molecule has 0 saturated heterocycles. The Morgan fingerprint density at radius 3 is 2.31 bits per heavy atom. The normalized spacial score (nSPS) is 26.5. The van der Waals surface area contributed by atoms with E-state index in [9.17, 15) is 18.0 Å². The van der Waals surface area contributed by atoms with Crippen LogP contribution >= 0.6 is 0 Å². The SMILES string of the molecule is CC1CCC(NC(=O)CCC(F)(F)F)CC1. The molecule has 0 bridgehead atoms. The first-order valence-corrected chi connectivity index (χ1v) is 5.73. The Kier molecular flexibility index (Phi) is 4.62. The number of hydrogen-bond acceptors (Lipinski definition) is 1. The minimum atomic E-state index is -4.24. The van der Waals surface area contributed by atoms with Crippen molar-refractivity contribution in [3.8, 4) is 0 Å². The highest BCUT2D eigenvalue weighted by Crippen LogP contribution is 2.24. The number of rotatable bonds is 3. The van der Waals surface area contributed by atoms with Crippen LogP contribution in [0.25, 0.3) is 0 Å². The predicted molar refractivity (Wildman–Crippen MR) is 54.9 cm³/mol. The van der Waals surface area contributed by atoms with Gasteiger partial charge in [0.1, 0.15) is 0 Å². The molecule has 2 nitrogen and oxygen atoms in total. The van der Waals surface area contributed by atoms with Gasteiger partial charge >= 0.3 is 6.18 Å². The Balaban J connectivity index is 2.19. The second kappa shape index (κ2) is 5.55. The molecule has 0 radical (unpaired) electrons. The minimum Gasteiger partial charge on any atom is -0.353 e. The molecule has 1 fully saturated rings. The number of hydrogen-bond donors (Lipinski definition) is 1. The summed E-state index contributed by atoms with van der Waals surface area (Å²) in [6.45, 7) is 2.15. The number of carbonyl (C=O) groups is 1. The molecule has 0 aliphatic heterocycles. The van der Waals surface area contributed by atoms with E-state index in [1.54, 1.807) is 0 Å². The standard InChI is InChI=1S/C11H18F3NO/c1-8-2-4-9(5-3-8)15-10(16)6-7-11(12,13)14/h8-9H,2-7H2,1H3,(H,15,16). The van der Waals surface area contributed by atoms with Crippen LogP contribution in [-0.4, -0.2) is 18.1 Å². The van der Waals surface area contributed by atoms with Crippen LogP contribution in [0.3, 0.4) is 0 Å². The average molecular weight is 237 g/mol. The lowest BCUT2D eigenvalue weighted by atomic mass is 9.87. The third kappa shape index (κ3) is 5.37. The Morgan fingerprint density at radius 2 is 1.81 bits per heavy atom. The topological polar surface area (TPSA) is 29.1 Å². The number of carbonyl (C=O) groups excluding carboxylic acids is 1. The molecule has 16 heavy (non-hydrogen) atoms. The van der Waals surface area contributed by atoms with Crippen LogP contribution in [0.15, 0.2) is 0 Å². The number of halogens is 3. The minimum absolute atomic E-state index is 0.0805. The number of alkyl halides is 3. The van der Waals surface area contributed by atoms with Gasteiger partial charge in [0, 0.05) is 12.5 Å². The summed E-state index contributed by atoms with van der Waals surface area (Å²) in [5, 5.41) is 2.67. The van der Waals surface area contributed by atoms with Crippen LogP contribution in [0.5, 0.6) is 0 Å². The summed E-state index contributed by atoms with van der Waals surface area (Å²) >= 11 is 0. The van der Waals surface area contributed by atoms with Crippen molar-refractivity contribution in [2.75, 3.05) is 0 Å². The Hall–Kier alpha value is -0.740. The number of amides is 1. The Labute approximate surface area is 93.6 Å². The average Bonchev–Trinajstić information content (AvgIpc) is 2.18. The van der Waals surface area contributed by atoms with Gasteiger partial charge in [-0.05, 0) is 31.6 Å². The zero-order valence-electron chi connectivity index (χ0n) is 9.44. The summed E-state index contributed by atoms with van der Waals surface area (Å²) in [5.74, 6) is 0.195. The molecule has 0 aromatic heterocycles. The second-order valence-electron chi connectivity index (χ2n) is 4.64. The third-order valence-electron chi connectivity index (χ3n) is 3.02. The van der Waals surface area contributed by atoms with Gasteiger partial charge in [-0.3, -0.25) is 4.79 Å². The van der Waals surface area contributed by atoms with E-state index in [1.165, 1.54) is 0 Å². The van der Waals surface area contributed by atoms with E-state index in [1.807, 2.05) is 0 Å². The summed E-state index contributed by atoms with van der Waals surface area (Å²) in [5.41, 5.74) is 0. The first-order valence-electron chi connectivity index (χ1n) is 5.73. The van der Waals surface area contributed by atoms with Gasteiger partial charge in [0.2, 0.25) is 5.91 Å². The molecular formula is C11H18F3NO. The molecule has 0 aromatic carbocycles. The number of nitrogens with one attached hydrogen (secondary N) is 1. The highest BCUT2D eigenvalue weighted by Gasteiger charge is 2.28. The van der Waals surface area contributed by atoms with Crippen LogP contribution in [0.1, 0.15) is 45.4 Å². The summed E-state index contributed by atoms with van der Waals surface area (Å²) in [6.07, 6.45) is -1.85. The van der Waals surface area contributed by atoms with Gasteiger partial charge in [-0.2, -0.15) is 13.2 Å². The third-order valence-corrected chi connectivity index (χ3v) is 3.02. The van der Waals surface area contributed by atoms with Crippen molar-refractivity contribution < 1.29 is 18.0 Å². The fraction of sp³-hybridized carbons (Fsp3) is 0.909. The highest BCUT2D eigenvalue weighted by atomic mass is 19.4.